The van der Waals surface area contributed by atoms with Crippen LogP contribution in [-0.2, 0) is 10.3 Å². The van der Waals surface area contributed by atoms with Crippen LogP contribution in [0.15, 0.2) is 35.5 Å². The second kappa shape index (κ2) is 9.29. The maximum absolute atomic E-state index is 15.0. The number of aromatic nitrogens is 1. The van der Waals surface area contributed by atoms with Crippen molar-refractivity contribution >= 4 is 40.1 Å². The number of hydrogen-bond acceptors (Lipinski definition) is 6. The van der Waals surface area contributed by atoms with Gasteiger partial charge in [0, 0.05) is 41.3 Å². The molecule has 3 rings (SSSR count). The van der Waals surface area contributed by atoms with Crippen molar-refractivity contribution in [1.82, 2.24) is 4.98 Å². The zero-order valence-electron chi connectivity index (χ0n) is 17.6. The predicted molar refractivity (Wildman–Crippen MR) is 120 cm³/mol. The summed E-state index contributed by atoms with van der Waals surface area (Å²) in [5.41, 5.74) is 3.74. The zero-order chi connectivity index (χ0) is 23.7. The van der Waals surface area contributed by atoms with Crippen LogP contribution >= 0.6 is 23.4 Å². The number of thioether (sulfide) groups is 1. The number of nitrogens with one attached hydrogen (secondary N) is 1. The van der Waals surface area contributed by atoms with Gasteiger partial charge in [0.1, 0.15) is 17.9 Å². The molecule has 0 saturated heterocycles. The molecule has 0 fully saturated rings. The monoisotopic (exact) mass is 486 g/mol. The topological polar surface area (TPSA) is 89.6 Å². The van der Waals surface area contributed by atoms with Crippen LogP contribution in [0.25, 0.3) is 0 Å². The van der Waals surface area contributed by atoms with Crippen molar-refractivity contribution in [3.63, 3.8) is 0 Å². The highest BCUT2D eigenvalue weighted by atomic mass is 35.5. The van der Waals surface area contributed by atoms with E-state index >= 15 is 4.39 Å². The third kappa shape index (κ3) is 4.44. The number of amidine groups is 1. The molecule has 0 bridgehead atoms. The van der Waals surface area contributed by atoms with Crippen LogP contribution in [-0.4, -0.2) is 41.2 Å². The fraction of sp³-hybridized carbons (Fsp3) is 0.381. The minimum atomic E-state index is -1.81. The Morgan fingerprint density at radius 2 is 2.09 bits per heavy atom. The molecule has 6 nitrogen and oxygen atoms in total. The molecule has 32 heavy (non-hydrogen) atoms. The third-order valence-electron chi connectivity index (χ3n) is 5.63. The molecule has 3 atom stereocenters. The molecule has 0 aliphatic carbocycles. The summed E-state index contributed by atoms with van der Waals surface area (Å²) in [7, 11) is 1.48. The van der Waals surface area contributed by atoms with Gasteiger partial charge in [0.05, 0.1) is 11.6 Å². The van der Waals surface area contributed by atoms with Crippen molar-refractivity contribution in [2.45, 2.75) is 24.1 Å². The van der Waals surface area contributed by atoms with E-state index in [0.29, 0.717) is 5.02 Å². The van der Waals surface area contributed by atoms with Crippen LogP contribution in [0.3, 0.4) is 0 Å². The largest absolute Gasteiger partial charge is 0.383 e. The standard InChI is InChI=1S/C21H22ClF3N4O2S/c1-11-20(2,10-31-3)32-19(26)29-21(11,9-23)14-6-13(7-15(24)17(14)25)28-18(30)16-5-4-12(22)8-27-16/h4-8,11H,9-10H2,1-3H3,(H2,26,29)(H,28,30)/t11-,20-,21+/m1/s1. The number of halogens is 4. The quantitative estimate of drug-likeness (QED) is 0.626. The average Bonchev–Trinajstić information content (AvgIpc) is 2.74. The summed E-state index contributed by atoms with van der Waals surface area (Å²) in [5.74, 6) is -3.84. The molecule has 0 saturated carbocycles. The Balaban J connectivity index is 2.08. The lowest BCUT2D eigenvalue weighted by atomic mass is 9.73. The zero-order valence-corrected chi connectivity index (χ0v) is 19.2. The predicted octanol–water partition coefficient (Wildman–Crippen LogP) is 4.53. The van der Waals surface area contributed by atoms with Gasteiger partial charge in [-0.3, -0.25) is 4.79 Å². The van der Waals surface area contributed by atoms with Crippen molar-refractivity contribution in [1.29, 1.82) is 0 Å². The minimum absolute atomic E-state index is 0.0123. The summed E-state index contributed by atoms with van der Waals surface area (Å²) in [6.07, 6.45) is 1.28. The molecule has 1 aromatic carbocycles. The van der Waals surface area contributed by atoms with E-state index < -0.39 is 40.4 Å². The van der Waals surface area contributed by atoms with E-state index in [9.17, 15) is 13.6 Å². The van der Waals surface area contributed by atoms with Gasteiger partial charge in [-0.15, -0.1) is 0 Å². The number of nitrogens with two attached hydrogens (primary N) is 1. The van der Waals surface area contributed by atoms with Crippen LogP contribution in [0.2, 0.25) is 5.02 Å². The molecule has 3 N–H and O–H groups in total. The van der Waals surface area contributed by atoms with Crippen molar-refractivity contribution in [2.75, 3.05) is 25.7 Å². The highest BCUT2D eigenvalue weighted by Gasteiger charge is 2.53. The van der Waals surface area contributed by atoms with Gasteiger partial charge < -0.3 is 15.8 Å². The van der Waals surface area contributed by atoms with Gasteiger partial charge in [-0.2, -0.15) is 0 Å². The van der Waals surface area contributed by atoms with Crippen LogP contribution in [0.5, 0.6) is 0 Å². The number of carbonyl (C=O) groups excluding carboxylic acids is 1. The number of amides is 1. The lowest BCUT2D eigenvalue weighted by molar-refractivity contribution is 0.102. The summed E-state index contributed by atoms with van der Waals surface area (Å²) < 4.78 is 48.7. The number of methoxy groups -OCH3 is 1. The van der Waals surface area contributed by atoms with Crippen LogP contribution in [0, 0.1) is 17.6 Å². The van der Waals surface area contributed by atoms with Crippen molar-refractivity contribution in [3.05, 3.63) is 58.4 Å². The number of pyridine rings is 1. The first-order valence-electron chi connectivity index (χ1n) is 9.58. The Labute approximate surface area is 192 Å². The summed E-state index contributed by atoms with van der Waals surface area (Å²) >= 11 is 6.96. The number of hydrogen-bond donors (Lipinski definition) is 2. The maximum atomic E-state index is 15.0. The maximum Gasteiger partial charge on any atom is 0.274 e. The first-order valence-corrected chi connectivity index (χ1v) is 10.8. The lowest BCUT2D eigenvalue weighted by Gasteiger charge is -2.47. The molecule has 1 aliphatic rings. The van der Waals surface area contributed by atoms with Gasteiger partial charge in [-0.25, -0.2) is 23.1 Å². The fourth-order valence-corrected chi connectivity index (χ4v) is 5.13. The van der Waals surface area contributed by atoms with Gasteiger partial charge in [0.2, 0.25) is 0 Å². The SMILES string of the molecule is COC[C@@]1(C)SC(N)=N[C@](CF)(c2cc(NC(=O)c3ccc(Cl)cn3)cc(F)c2F)[C@@H]1C. The molecular formula is C21H22ClF3N4O2S. The first kappa shape index (κ1) is 24.3. The summed E-state index contributed by atoms with van der Waals surface area (Å²) in [6, 6.07) is 4.82. The second-order valence-electron chi connectivity index (χ2n) is 7.71. The van der Waals surface area contributed by atoms with Crippen LogP contribution in [0.4, 0.5) is 18.9 Å². The van der Waals surface area contributed by atoms with E-state index in [1.54, 1.807) is 13.8 Å². The van der Waals surface area contributed by atoms with Crippen LogP contribution < -0.4 is 11.1 Å². The van der Waals surface area contributed by atoms with Gasteiger partial charge in [0.15, 0.2) is 16.8 Å². The van der Waals surface area contributed by atoms with E-state index in [4.69, 9.17) is 22.1 Å². The molecule has 2 aromatic rings. The van der Waals surface area contributed by atoms with Gasteiger partial charge in [0.25, 0.3) is 5.91 Å². The Kier molecular flexibility index (Phi) is 7.06. The van der Waals surface area contributed by atoms with Crippen molar-refractivity contribution < 1.29 is 22.7 Å². The molecule has 1 aromatic heterocycles. The fourth-order valence-electron chi connectivity index (χ4n) is 3.78. The smallest absolute Gasteiger partial charge is 0.274 e. The van der Waals surface area contributed by atoms with Crippen molar-refractivity contribution in [3.8, 4) is 0 Å². The number of nitrogens with zero attached hydrogens (tertiary/aromatic N) is 2. The number of carbonyl (C=O) groups is 1. The molecule has 0 spiro atoms. The Bertz CT molecular complexity index is 1060. The number of rotatable bonds is 6. The van der Waals surface area contributed by atoms with Gasteiger partial charge >= 0.3 is 0 Å². The molecule has 0 radical (unpaired) electrons. The normalized spacial score (nSPS) is 25.3. The van der Waals surface area contributed by atoms with E-state index in [1.165, 1.54) is 43.3 Å². The molecule has 1 amide bonds. The van der Waals surface area contributed by atoms with Gasteiger partial charge in [-0.1, -0.05) is 30.3 Å². The number of alkyl halides is 1. The second-order valence-corrected chi connectivity index (χ2v) is 9.70. The third-order valence-corrected chi connectivity index (χ3v) is 7.09. The lowest BCUT2D eigenvalue weighted by Crippen LogP contribution is -2.53. The van der Waals surface area contributed by atoms with Gasteiger partial charge in [-0.05, 0) is 25.1 Å². The summed E-state index contributed by atoms with van der Waals surface area (Å²) in [5, 5.41) is 2.82. The van der Waals surface area contributed by atoms with E-state index in [-0.39, 0.29) is 28.7 Å². The summed E-state index contributed by atoms with van der Waals surface area (Å²) in [4.78, 5) is 20.6. The molecule has 1 aliphatic heterocycles. The highest BCUT2D eigenvalue weighted by molar-refractivity contribution is 8.15. The Morgan fingerprint density at radius 3 is 2.69 bits per heavy atom. The summed E-state index contributed by atoms with van der Waals surface area (Å²) in [6.45, 7) is 2.52. The highest BCUT2D eigenvalue weighted by Crippen LogP contribution is 2.51. The minimum Gasteiger partial charge on any atom is -0.383 e. The molecule has 0 unspecified atom stereocenters. The molecule has 2 heterocycles. The Hall–Kier alpha value is -2.30. The average molecular weight is 487 g/mol. The van der Waals surface area contributed by atoms with E-state index in [0.717, 1.165) is 6.07 Å². The number of benzene rings is 1. The Morgan fingerprint density at radius 1 is 1.38 bits per heavy atom. The number of ether oxygens (including phenoxy) is 1. The van der Waals surface area contributed by atoms with E-state index in [1.807, 2.05) is 0 Å². The van der Waals surface area contributed by atoms with Crippen molar-refractivity contribution in [2.24, 2.45) is 16.6 Å². The van der Waals surface area contributed by atoms with E-state index in [2.05, 4.69) is 15.3 Å². The number of anilines is 1. The number of aliphatic imine (C=N–C) groups is 1. The molecular weight excluding hydrogens is 465 g/mol. The first-order chi connectivity index (χ1) is 15.1. The molecule has 172 valence electrons. The molecule has 11 heteroatoms. The van der Waals surface area contributed by atoms with Crippen LogP contribution in [0.1, 0.15) is 29.9 Å².